The fourth-order valence-electron chi connectivity index (χ4n) is 1.62. The van der Waals surface area contributed by atoms with Crippen molar-refractivity contribution >= 4 is 17.5 Å². The third-order valence-corrected chi connectivity index (χ3v) is 2.71. The lowest BCUT2D eigenvalue weighted by molar-refractivity contribution is 0.0690. The highest BCUT2D eigenvalue weighted by atomic mass is 16.4. The van der Waals surface area contributed by atoms with Gasteiger partial charge >= 0.3 is 5.97 Å². The van der Waals surface area contributed by atoms with E-state index in [0.717, 1.165) is 6.42 Å². The van der Waals surface area contributed by atoms with Crippen molar-refractivity contribution in [2.24, 2.45) is 5.92 Å². The van der Waals surface area contributed by atoms with Crippen LogP contribution in [0.5, 0.6) is 0 Å². The topological polar surface area (TPSA) is 88.2 Å². The van der Waals surface area contributed by atoms with Gasteiger partial charge in [0.1, 0.15) is 5.82 Å². The molecule has 1 heterocycles. The number of anilines is 2. The summed E-state index contributed by atoms with van der Waals surface area (Å²) in [7, 11) is 0. The monoisotopic (exact) mass is 237 g/mol. The maximum atomic E-state index is 10.8. The molecule has 0 aromatic carbocycles. The zero-order valence-corrected chi connectivity index (χ0v) is 10.4. The number of pyridine rings is 1. The minimum absolute atomic E-state index is 0.000286. The molecule has 5 heteroatoms. The fourth-order valence-corrected chi connectivity index (χ4v) is 1.62. The second-order valence-electron chi connectivity index (χ2n) is 4.34. The molecule has 17 heavy (non-hydrogen) atoms. The van der Waals surface area contributed by atoms with E-state index in [1.165, 1.54) is 6.07 Å². The molecule has 0 spiro atoms. The summed E-state index contributed by atoms with van der Waals surface area (Å²) in [5, 5.41) is 12.1. The van der Waals surface area contributed by atoms with Crippen LogP contribution in [0.2, 0.25) is 0 Å². The Kier molecular flexibility index (Phi) is 4.31. The van der Waals surface area contributed by atoms with E-state index < -0.39 is 5.97 Å². The summed E-state index contributed by atoms with van der Waals surface area (Å²) in [5.41, 5.74) is 6.24. The highest BCUT2D eigenvalue weighted by Gasteiger charge is 2.14. The van der Waals surface area contributed by atoms with Gasteiger partial charge in [0.2, 0.25) is 0 Å². The van der Waals surface area contributed by atoms with Crippen molar-refractivity contribution < 1.29 is 9.90 Å². The van der Waals surface area contributed by atoms with E-state index in [1.54, 1.807) is 6.07 Å². The Morgan fingerprint density at radius 3 is 2.65 bits per heavy atom. The predicted molar refractivity (Wildman–Crippen MR) is 68.1 cm³/mol. The van der Waals surface area contributed by atoms with Gasteiger partial charge < -0.3 is 16.2 Å². The number of nitrogens with two attached hydrogens (primary N) is 1. The van der Waals surface area contributed by atoms with Crippen LogP contribution in [0.1, 0.15) is 37.7 Å². The van der Waals surface area contributed by atoms with Gasteiger partial charge in [0, 0.05) is 6.04 Å². The number of nitrogens with one attached hydrogen (secondary N) is 1. The summed E-state index contributed by atoms with van der Waals surface area (Å²) >= 11 is 0. The van der Waals surface area contributed by atoms with Crippen LogP contribution in [0, 0.1) is 5.92 Å². The molecule has 0 aliphatic heterocycles. The van der Waals surface area contributed by atoms with Crippen LogP contribution in [-0.4, -0.2) is 22.1 Å². The van der Waals surface area contributed by atoms with Crippen molar-refractivity contribution in [2.45, 2.75) is 33.2 Å². The van der Waals surface area contributed by atoms with Gasteiger partial charge in [-0.3, -0.25) is 0 Å². The number of nitrogens with zero attached hydrogens (tertiary/aromatic N) is 1. The number of aromatic carboxylic acids is 1. The third kappa shape index (κ3) is 3.34. The Bertz CT molecular complexity index is 405. The van der Waals surface area contributed by atoms with Crippen molar-refractivity contribution in [3.05, 3.63) is 17.8 Å². The Hall–Kier alpha value is -1.78. The Balaban J connectivity index is 2.96. The Morgan fingerprint density at radius 2 is 2.18 bits per heavy atom. The SMILES string of the molecule is CCC(Nc1nc(C(=O)O)ccc1N)C(C)C. The van der Waals surface area contributed by atoms with Gasteiger partial charge in [0.15, 0.2) is 5.69 Å². The first kappa shape index (κ1) is 13.3. The van der Waals surface area contributed by atoms with Crippen LogP contribution in [0.15, 0.2) is 12.1 Å². The molecule has 0 saturated carbocycles. The van der Waals surface area contributed by atoms with Crippen LogP contribution in [0.4, 0.5) is 11.5 Å². The minimum Gasteiger partial charge on any atom is -0.477 e. The van der Waals surface area contributed by atoms with E-state index >= 15 is 0 Å². The number of nitrogen functional groups attached to an aromatic ring is 1. The summed E-state index contributed by atoms with van der Waals surface area (Å²) < 4.78 is 0. The van der Waals surface area contributed by atoms with Crippen LogP contribution >= 0.6 is 0 Å². The van der Waals surface area contributed by atoms with Crippen molar-refractivity contribution in [1.82, 2.24) is 4.98 Å². The second kappa shape index (κ2) is 5.52. The van der Waals surface area contributed by atoms with Crippen molar-refractivity contribution in [3.8, 4) is 0 Å². The number of aromatic nitrogens is 1. The Morgan fingerprint density at radius 1 is 1.53 bits per heavy atom. The molecular formula is C12H19N3O2. The maximum Gasteiger partial charge on any atom is 0.354 e. The van der Waals surface area contributed by atoms with Crippen molar-refractivity contribution in [2.75, 3.05) is 11.1 Å². The molecular weight excluding hydrogens is 218 g/mol. The fraction of sp³-hybridized carbons (Fsp3) is 0.500. The van der Waals surface area contributed by atoms with Gasteiger partial charge in [-0.25, -0.2) is 9.78 Å². The molecule has 0 aliphatic carbocycles. The molecule has 0 amide bonds. The van der Waals surface area contributed by atoms with Gasteiger partial charge in [0.25, 0.3) is 0 Å². The van der Waals surface area contributed by atoms with Crippen LogP contribution in [0.3, 0.4) is 0 Å². The molecule has 1 rings (SSSR count). The predicted octanol–water partition coefficient (Wildman–Crippen LogP) is 2.21. The molecule has 0 radical (unpaired) electrons. The lowest BCUT2D eigenvalue weighted by Gasteiger charge is -2.22. The van der Waals surface area contributed by atoms with Gasteiger partial charge in [-0.05, 0) is 24.5 Å². The standard InChI is InChI=1S/C12H19N3O2/c1-4-9(7(2)3)14-11-8(13)5-6-10(15-11)12(16)17/h5-7,9H,4,13H2,1-3H3,(H,14,15)(H,16,17). The van der Waals surface area contributed by atoms with Gasteiger partial charge in [-0.15, -0.1) is 0 Å². The first-order chi connectivity index (χ1) is 7.95. The lowest BCUT2D eigenvalue weighted by atomic mass is 10.0. The van der Waals surface area contributed by atoms with E-state index in [4.69, 9.17) is 10.8 Å². The number of carbonyl (C=O) groups is 1. The molecule has 1 aromatic heterocycles. The summed E-state index contributed by atoms with van der Waals surface area (Å²) in [6.45, 7) is 6.26. The third-order valence-electron chi connectivity index (χ3n) is 2.71. The van der Waals surface area contributed by atoms with Crippen LogP contribution < -0.4 is 11.1 Å². The lowest BCUT2D eigenvalue weighted by Crippen LogP contribution is -2.26. The zero-order chi connectivity index (χ0) is 13.0. The molecule has 0 saturated heterocycles. The van der Waals surface area contributed by atoms with Crippen molar-refractivity contribution in [1.29, 1.82) is 0 Å². The van der Waals surface area contributed by atoms with E-state index in [0.29, 0.717) is 17.4 Å². The highest BCUT2D eigenvalue weighted by molar-refractivity contribution is 5.86. The average Bonchev–Trinajstić information content (AvgIpc) is 2.27. The molecule has 0 aliphatic rings. The highest BCUT2D eigenvalue weighted by Crippen LogP contribution is 2.20. The van der Waals surface area contributed by atoms with E-state index in [-0.39, 0.29) is 11.7 Å². The van der Waals surface area contributed by atoms with E-state index in [9.17, 15) is 4.79 Å². The summed E-state index contributed by atoms with van der Waals surface area (Å²) in [4.78, 5) is 14.8. The minimum atomic E-state index is -1.05. The number of rotatable bonds is 5. The first-order valence-corrected chi connectivity index (χ1v) is 5.72. The summed E-state index contributed by atoms with van der Waals surface area (Å²) in [5.74, 6) is -0.175. The van der Waals surface area contributed by atoms with E-state index in [1.807, 2.05) is 0 Å². The molecule has 0 fully saturated rings. The maximum absolute atomic E-state index is 10.8. The first-order valence-electron chi connectivity index (χ1n) is 5.72. The van der Waals surface area contributed by atoms with Crippen LogP contribution in [-0.2, 0) is 0 Å². The summed E-state index contributed by atoms with van der Waals surface area (Å²) in [6, 6.07) is 3.19. The van der Waals surface area contributed by atoms with Crippen LogP contribution in [0.25, 0.3) is 0 Å². The molecule has 94 valence electrons. The number of carboxylic acids is 1. The largest absolute Gasteiger partial charge is 0.477 e. The number of carboxylic acid groups (broad SMARTS) is 1. The Labute approximate surface area is 101 Å². The number of hydrogen-bond acceptors (Lipinski definition) is 4. The summed E-state index contributed by atoms with van der Waals surface area (Å²) in [6.07, 6.45) is 0.927. The molecule has 1 atom stereocenters. The normalized spacial score (nSPS) is 12.5. The van der Waals surface area contributed by atoms with Gasteiger partial charge in [-0.1, -0.05) is 20.8 Å². The van der Waals surface area contributed by atoms with Crippen molar-refractivity contribution in [3.63, 3.8) is 0 Å². The second-order valence-corrected chi connectivity index (χ2v) is 4.34. The molecule has 5 nitrogen and oxygen atoms in total. The molecule has 1 aromatic rings. The van der Waals surface area contributed by atoms with Gasteiger partial charge in [0.05, 0.1) is 5.69 Å². The molecule has 4 N–H and O–H groups in total. The van der Waals surface area contributed by atoms with Gasteiger partial charge in [-0.2, -0.15) is 0 Å². The molecule has 1 unspecified atom stereocenters. The quantitative estimate of drug-likeness (QED) is 0.730. The average molecular weight is 237 g/mol. The van der Waals surface area contributed by atoms with E-state index in [2.05, 4.69) is 31.1 Å². The smallest absolute Gasteiger partial charge is 0.354 e. The molecule has 0 bridgehead atoms. The zero-order valence-electron chi connectivity index (χ0n) is 10.4. The number of hydrogen-bond donors (Lipinski definition) is 3.